The van der Waals surface area contributed by atoms with Crippen LogP contribution in [0.1, 0.15) is 38.2 Å². The lowest BCUT2D eigenvalue weighted by molar-refractivity contribution is 0.112. The van der Waals surface area contributed by atoms with Crippen LogP contribution in [0.2, 0.25) is 0 Å². The van der Waals surface area contributed by atoms with Crippen molar-refractivity contribution in [3.63, 3.8) is 0 Å². The Balaban J connectivity index is 2.74. The highest BCUT2D eigenvalue weighted by Crippen LogP contribution is 2.02. The Bertz CT molecular complexity index is 283. The van der Waals surface area contributed by atoms with Crippen LogP contribution in [-0.2, 0) is 34.0 Å². The normalized spacial score (nSPS) is 10.8. The monoisotopic (exact) mass is 255 g/mol. The maximum absolute atomic E-state index is 5.30. The summed E-state index contributed by atoms with van der Waals surface area (Å²) in [6.07, 6.45) is 0. The molecule has 0 aliphatic heterocycles. The van der Waals surface area contributed by atoms with Crippen LogP contribution in [0, 0.1) is 0 Å². The van der Waals surface area contributed by atoms with Gasteiger partial charge >= 0.3 is 0 Å². The number of rotatable bonds is 9. The first-order chi connectivity index (χ1) is 8.80. The van der Waals surface area contributed by atoms with Gasteiger partial charge in [0.25, 0.3) is 0 Å². The van der Waals surface area contributed by atoms with Crippen molar-refractivity contribution in [3.05, 3.63) is 17.5 Å². The Hall–Kier alpha value is -1.11. The molecule has 6 heteroatoms. The summed E-state index contributed by atoms with van der Waals surface area (Å²) in [5, 5.41) is 0. The molecule has 0 amide bonds. The molecule has 102 valence electrons. The molecule has 1 aromatic heterocycles. The number of aromatic nitrogens is 3. The van der Waals surface area contributed by atoms with Gasteiger partial charge in [-0.3, -0.25) is 0 Å². The molecule has 0 saturated heterocycles. The Morgan fingerprint density at radius 1 is 0.611 bits per heavy atom. The van der Waals surface area contributed by atoms with E-state index in [4.69, 9.17) is 14.2 Å². The molecular formula is C12H21N3O3. The summed E-state index contributed by atoms with van der Waals surface area (Å²) >= 11 is 0. The molecule has 0 aliphatic rings. The number of hydrogen-bond acceptors (Lipinski definition) is 6. The zero-order valence-electron chi connectivity index (χ0n) is 11.3. The fraction of sp³-hybridized carbons (Fsp3) is 0.750. The van der Waals surface area contributed by atoms with Crippen molar-refractivity contribution in [2.75, 3.05) is 19.8 Å². The molecule has 0 saturated carbocycles. The molecule has 0 N–H and O–H groups in total. The average molecular weight is 255 g/mol. The summed E-state index contributed by atoms with van der Waals surface area (Å²) in [7, 11) is 0. The van der Waals surface area contributed by atoms with E-state index in [0.29, 0.717) is 57.1 Å². The van der Waals surface area contributed by atoms with Gasteiger partial charge in [-0.1, -0.05) is 0 Å². The van der Waals surface area contributed by atoms with Crippen LogP contribution in [-0.4, -0.2) is 34.8 Å². The second-order valence-corrected chi connectivity index (χ2v) is 3.50. The fourth-order valence-electron chi connectivity index (χ4n) is 1.30. The standard InChI is InChI=1S/C12H21N3O3/c1-4-16-7-10-13-11(8-17-5-2)15-12(14-10)9-18-6-3/h4-9H2,1-3H3. The summed E-state index contributed by atoms with van der Waals surface area (Å²) in [6, 6.07) is 0. The molecule has 1 aromatic rings. The van der Waals surface area contributed by atoms with Crippen molar-refractivity contribution in [1.29, 1.82) is 0 Å². The minimum Gasteiger partial charge on any atom is -0.374 e. The molecule has 0 spiro atoms. The lowest BCUT2D eigenvalue weighted by atomic mass is 10.5. The number of hydrogen-bond donors (Lipinski definition) is 0. The summed E-state index contributed by atoms with van der Waals surface area (Å²) < 4.78 is 15.9. The van der Waals surface area contributed by atoms with Gasteiger partial charge in [-0.25, -0.2) is 15.0 Å². The van der Waals surface area contributed by atoms with Gasteiger partial charge in [-0.05, 0) is 20.8 Å². The van der Waals surface area contributed by atoms with E-state index in [1.807, 2.05) is 20.8 Å². The Kier molecular flexibility index (Phi) is 7.40. The first kappa shape index (κ1) is 14.9. The topological polar surface area (TPSA) is 66.4 Å². The minimum absolute atomic E-state index is 0.386. The Morgan fingerprint density at radius 2 is 0.889 bits per heavy atom. The van der Waals surface area contributed by atoms with Crippen molar-refractivity contribution in [2.45, 2.75) is 40.6 Å². The maximum atomic E-state index is 5.30. The van der Waals surface area contributed by atoms with Crippen LogP contribution < -0.4 is 0 Å². The third kappa shape index (κ3) is 5.48. The van der Waals surface area contributed by atoms with Crippen LogP contribution in [0.5, 0.6) is 0 Å². The molecule has 0 bridgehead atoms. The third-order valence-electron chi connectivity index (χ3n) is 2.08. The zero-order chi connectivity index (χ0) is 13.2. The third-order valence-corrected chi connectivity index (χ3v) is 2.08. The van der Waals surface area contributed by atoms with Crippen molar-refractivity contribution in [2.24, 2.45) is 0 Å². The molecule has 0 unspecified atom stereocenters. The highest BCUT2D eigenvalue weighted by Gasteiger charge is 2.07. The first-order valence-corrected chi connectivity index (χ1v) is 6.26. The van der Waals surface area contributed by atoms with E-state index >= 15 is 0 Å². The molecular weight excluding hydrogens is 234 g/mol. The summed E-state index contributed by atoms with van der Waals surface area (Å²) in [5.74, 6) is 1.86. The van der Waals surface area contributed by atoms with E-state index in [1.54, 1.807) is 0 Å². The van der Waals surface area contributed by atoms with Gasteiger partial charge in [-0.2, -0.15) is 0 Å². The van der Waals surface area contributed by atoms with Gasteiger partial charge in [0.1, 0.15) is 19.8 Å². The molecule has 0 fully saturated rings. The maximum Gasteiger partial charge on any atom is 0.158 e. The van der Waals surface area contributed by atoms with Crippen LogP contribution >= 0.6 is 0 Å². The van der Waals surface area contributed by atoms with Crippen LogP contribution in [0.15, 0.2) is 0 Å². The van der Waals surface area contributed by atoms with Crippen LogP contribution in [0.25, 0.3) is 0 Å². The van der Waals surface area contributed by atoms with E-state index in [1.165, 1.54) is 0 Å². The summed E-state index contributed by atoms with van der Waals surface area (Å²) in [4.78, 5) is 12.9. The van der Waals surface area contributed by atoms with E-state index in [2.05, 4.69) is 15.0 Å². The molecule has 0 aromatic carbocycles. The van der Waals surface area contributed by atoms with Gasteiger partial charge in [-0.15, -0.1) is 0 Å². The van der Waals surface area contributed by atoms with Crippen molar-refractivity contribution in [3.8, 4) is 0 Å². The highest BCUT2D eigenvalue weighted by molar-refractivity contribution is 4.95. The average Bonchev–Trinajstić information content (AvgIpc) is 2.40. The molecule has 0 radical (unpaired) electrons. The van der Waals surface area contributed by atoms with Crippen LogP contribution in [0.3, 0.4) is 0 Å². The molecule has 0 atom stereocenters. The van der Waals surface area contributed by atoms with Crippen molar-refractivity contribution >= 4 is 0 Å². The van der Waals surface area contributed by atoms with Gasteiger partial charge in [0.05, 0.1) is 0 Å². The number of nitrogens with zero attached hydrogens (tertiary/aromatic N) is 3. The largest absolute Gasteiger partial charge is 0.374 e. The SMILES string of the molecule is CCOCc1nc(COCC)nc(COCC)n1. The molecule has 18 heavy (non-hydrogen) atoms. The molecule has 1 rings (SSSR count). The van der Waals surface area contributed by atoms with Crippen molar-refractivity contribution in [1.82, 2.24) is 15.0 Å². The van der Waals surface area contributed by atoms with E-state index in [0.717, 1.165) is 0 Å². The molecule has 1 heterocycles. The van der Waals surface area contributed by atoms with Gasteiger partial charge in [0.15, 0.2) is 17.5 Å². The minimum atomic E-state index is 0.386. The van der Waals surface area contributed by atoms with Crippen molar-refractivity contribution < 1.29 is 14.2 Å². The lowest BCUT2D eigenvalue weighted by Gasteiger charge is -2.07. The summed E-state index contributed by atoms with van der Waals surface area (Å²) in [5.41, 5.74) is 0. The smallest absolute Gasteiger partial charge is 0.158 e. The van der Waals surface area contributed by atoms with E-state index in [9.17, 15) is 0 Å². The second-order valence-electron chi connectivity index (χ2n) is 3.50. The Labute approximate surface area is 108 Å². The van der Waals surface area contributed by atoms with Gasteiger partial charge in [0.2, 0.25) is 0 Å². The highest BCUT2D eigenvalue weighted by atomic mass is 16.5. The predicted molar refractivity (Wildman–Crippen MR) is 65.8 cm³/mol. The lowest BCUT2D eigenvalue weighted by Crippen LogP contribution is -2.11. The summed E-state index contributed by atoms with van der Waals surface area (Å²) in [6.45, 7) is 8.86. The zero-order valence-corrected chi connectivity index (χ0v) is 11.3. The Morgan fingerprint density at radius 3 is 1.11 bits per heavy atom. The van der Waals surface area contributed by atoms with Crippen LogP contribution in [0.4, 0.5) is 0 Å². The van der Waals surface area contributed by atoms with Gasteiger partial charge in [0, 0.05) is 19.8 Å². The molecule has 6 nitrogen and oxygen atoms in total. The first-order valence-electron chi connectivity index (χ1n) is 6.26. The second kappa shape index (κ2) is 8.91. The molecule has 0 aliphatic carbocycles. The van der Waals surface area contributed by atoms with E-state index < -0.39 is 0 Å². The van der Waals surface area contributed by atoms with E-state index in [-0.39, 0.29) is 0 Å². The fourth-order valence-corrected chi connectivity index (χ4v) is 1.30. The van der Waals surface area contributed by atoms with Gasteiger partial charge < -0.3 is 14.2 Å². The number of ether oxygens (including phenoxy) is 3. The predicted octanol–water partition coefficient (Wildman–Crippen LogP) is 1.48. The quantitative estimate of drug-likeness (QED) is 0.666.